The number of rotatable bonds is 2. The number of nitrogens with zero attached hydrogens (tertiary/aromatic N) is 2. The molecule has 88 valence electrons. The lowest BCUT2D eigenvalue weighted by Crippen LogP contribution is -2.55. The monoisotopic (exact) mass is 214 g/mol. The molecule has 0 aromatic carbocycles. The summed E-state index contributed by atoms with van der Waals surface area (Å²) in [5, 5.41) is 9.61. The van der Waals surface area contributed by atoms with Crippen LogP contribution in [0.3, 0.4) is 0 Å². The number of hydrogen-bond acceptors (Lipinski definition) is 3. The summed E-state index contributed by atoms with van der Waals surface area (Å²) in [5.74, 6) is -0.161. The van der Waals surface area contributed by atoms with Crippen LogP contribution in [0.1, 0.15) is 27.7 Å². The molecule has 0 aromatic rings. The van der Waals surface area contributed by atoms with Crippen LogP contribution in [-0.4, -0.2) is 58.6 Å². The van der Waals surface area contributed by atoms with Crippen molar-refractivity contribution in [2.75, 3.05) is 26.2 Å². The molecule has 4 nitrogen and oxygen atoms in total. The Bertz CT molecular complexity index is 225. The van der Waals surface area contributed by atoms with Gasteiger partial charge in [-0.2, -0.15) is 0 Å². The van der Waals surface area contributed by atoms with Crippen molar-refractivity contribution in [1.82, 2.24) is 9.80 Å². The summed E-state index contributed by atoms with van der Waals surface area (Å²) < 4.78 is 0. The molecule has 0 unspecified atom stereocenters. The Morgan fingerprint density at radius 1 is 1.20 bits per heavy atom. The number of aliphatic hydroxyl groups is 1. The zero-order chi connectivity index (χ0) is 11.6. The van der Waals surface area contributed by atoms with E-state index in [1.165, 1.54) is 0 Å². The lowest BCUT2D eigenvalue weighted by atomic mass is 10.1. The molecule has 4 heteroatoms. The summed E-state index contributed by atoms with van der Waals surface area (Å²) in [4.78, 5) is 15.8. The number of amides is 1. The van der Waals surface area contributed by atoms with Gasteiger partial charge in [-0.05, 0) is 27.7 Å². The largest absolute Gasteiger partial charge is 0.381 e. The van der Waals surface area contributed by atoms with Crippen molar-refractivity contribution in [2.45, 2.75) is 39.3 Å². The van der Waals surface area contributed by atoms with Gasteiger partial charge in [0.15, 0.2) is 0 Å². The first-order valence-electron chi connectivity index (χ1n) is 5.58. The van der Waals surface area contributed by atoms with E-state index in [1.54, 1.807) is 18.7 Å². The predicted octanol–water partition coefficient (Wildman–Crippen LogP) is 0.310. The minimum absolute atomic E-state index is 0.161. The summed E-state index contributed by atoms with van der Waals surface area (Å²) >= 11 is 0. The van der Waals surface area contributed by atoms with E-state index in [-0.39, 0.29) is 5.91 Å². The summed E-state index contributed by atoms with van der Waals surface area (Å²) in [6.07, 6.45) is 0. The standard InChI is InChI=1S/C11H22N2O2/c1-9(2)12-5-7-13(8-6-12)10(14)11(3,4)15/h9,15H,5-8H2,1-4H3. The van der Waals surface area contributed by atoms with Gasteiger partial charge in [-0.25, -0.2) is 0 Å². The van der Waals surface area contributed by atoms with Gasteiger partial charge in [0.25, 0.3) is 5.91 Å². The minimum Gasteiger partial charge on any atom is -0.381 e. The molecular weight excluding hydrogens is 192 g/mol. The quantitative estimate of drug-likeness (QED) is 0.719. The van der Waals surface area contributed by atoms with Crippen LogP contribution < -0.4 is 0 Å². The molecule has 0 bridgehead atoms. The second kappa shape index (κ2) is 4.49. The zero-order valence-electron chi connectivity index (χ0n) is 10.2. The van der Waals surface area contributed by atoms with E-state index in [2.05, 4.69) is 18.7 Å². The molecule has 1 N–H and O–H groups in total. The summed E-state index contributed by atoms with van der Waals surface area (Å²) in [6.45, 7) is 10.7. The van der Waals surface area contributed by atoms with Gasteiger partial charge in [-0.3, -0.25) is 9.69 Å². The Labute approximate surface area is 91.9 Å². The third kappa shape index (κ3) is 3.18. The number of piperazine rings is 1. The first-order valence-corrected chi connectivity index (χ1v) is 5.58. The topological polar surface area (TPSA) is 43.8 Å². The second-order valence-corrected chi connectivity index (χ2v) is 4.98. The average molecular weight is 214 g/mol. The fourth-order valence-corrected chi connectivity index (χ4v) is 1.83. The SMILES string of the molecule is CC(C)N1CCN(C(=O)C(C)(C)O)CC1. The Balaban J connectivity index is 2.48. The van der Waals surface area contributed by atoms with Gasteiger partial charge in [0.2, 0.25) is 0 Å². The van der Waals surface area contributed by atoms with Crippen molar-refractivity contribution < 1.29 is 9.90 Å². The Morgan fingerprint density at radius 3 is 2.00 bits per heavy atom. The summed E-state index contributed by atoms with van der Waals surface area (Å²) in [6, 6.07) is 0.532. The molecule has 1 heterocycles. The smallest absolute Gasteiger partial charge is 0.254 e. The van der Waals surface area contributed by atoms with Crippen molar-refractivity contribution >= 4 is 5.91 Å². The lowest BCUT2D eigenvalue weighted by Gasteiger charge is -2.38. The fraction of sp³-hybridized carbons (Fsp3) is 0.909. The number of carbonyl (C=O) groups excluding carboxylic acids is 1. The highest BCUT2D eigenvalue weighted by atomic mass is 16.3. The second-order valence-electron chi connectivity index (χ2n) is 4.98. The van der Waals surface area contributed by atoms with Crippen molar-refractivity contribution in [2.24, 2.45) is 0 Å². The van der Waals surface area contributed by atoms with Crippen molar-refractivity contribution in [3.63, 3.8) is 0 Å². The van der Waals surface area contributed by atoms with Crippen LogP contribution in [0.5, 0.6) is 0 Å². The molecule has 1 rings (SSSR count). The molecular formula is C11H22N2O2. The van der Waals surface area contributed by atoms with Crippen molar-refractivity contribution in [1.29, 1.82) is 0 Å². The van der Waals surface area contributed by atoms with Gasteiger partial charge >= 0.3 is 0 Å². The minimum atomic E-state index is -1.24. The van der Waals surface area contributed by atoms with Crippen LogP contribution in [0.2, 0.25) is 0 Å². The van der Waals surface area contributed by atoms with Crippen LogP contribution in [0.15, 0.2) is 0 Å². The molecule has 1 saturated heterocycles. The van der Waals surface area contributed by atoms with E-state index < -0.39 is 5.60 Å². The Kier molecular flexibility index (Phi) is 3.73. The fourth-order valence-electron chi connectivity index (χ4n) is 1.83. The Morgan fingerprint density at radius 2 is 1.67 bits per heavy atom. The maximum atomic E-state index is 11.8. The van der Waals surface area contributed by atoms with E-state index in [0.717, 1.165) is 26.2 Å². The molecule has 0 radical (unpaired) electrons. The highest BCUT2D eigenvalue weighted by Gasteiger charge is 2.31. The van der Waals surface area contributed by atoms with E-state index in [1.807, 2.05) is 0 Å². The molecule has 0 spiro atoms. The molecule has 0 atom stereocenters. The van der Waals surface area contributed by atoms with Crippen LogP contribution in [0.25, 0.3) is 0 Å². The molecule has 15 heavy (non-hydrogen) atoms. The first-order chi connectivity index (χ1) is 6.82. The maximum Gasteiger partial charge on any atom is 0.254 e. The zero-order valence-corrected chi connectivity index (χ0v) is 10.2. The molecule has 1 aliphatic rings. The average Bonchev–Trinajstić information content (AvgIpc) is 2.15. The molecule has 0 aromatic heterocycles. The van der Waals surface area contributed by atoms with Gasteiger partial charge in [0, 0.05) is 32.2 Å². The van der Waals surface area contributed by atoms with Gasteiger partial charge in [0.1, 0.15) is 5.60 Å². The van der Waals surface area contributed by atoms with Gasteiger partial charge in [-0.1, -0.05) is 0 Å². The Hall–Kier alpha value is -0.610. The lowest BCUT2D eigenvalue weighted by molar-refractivity contribution is -0.149. The highest BCUT2D eigenvalue weighted by Crippen LogP contribution is 2.11. The third-order valence-corrected chi connectivity index (χ3v) is 2.86. The van der Waals surface area contributed by atoms with E-state index >= 15 is 0 Å². The first kappa shape index (κ1) is 12.5. The normalized spacial score (nSPS) is 19.7. The molecule has 0 saturated carbocycles. The van der Waals surface area contributed by atoms with Gasteiger partial charge in [0.05, 0.1) is 0 Å². The van der Waals surface area contributed by atoms with Crippen LogP contribution >= 0.6 is 0 Å². The predicted molar refractivity (Wildman–Crippen MR) is 59.6 cm³/mol. The van der Waals surface area contributed by atoms with Crippen LogP contribution in [0.4, 0.5) is 0 Å². The molecule has 1 fully saturated rings. The third-order valence-electron chi connectivity index (χ3n) is 2.86. The van der Waals surface area contributed by atoms with Crippen LogP contribution in [-0.2, 0) is 4.79 Å². The van der Waals surface area contributed by atoms with E-state index in [9.17, 15) is 9.90 Å². The van der Waals surface area contributed by atoms with Crippen molar-refractivity contribution in [3.05, 3.63) is 0 Å². The van der Waals surface area contributed by atoms with Gasteiger partial charge < -0.3 is 10.0 Å². The van der Waals surface area contributed by atoms with Crippen LogP contribution in [0, 0.1) is 0 Å². The summed E-state index contributed by atoms with van der Waals surface area (Å²) in [7, 11) is 0. The summed E-state index contributed by atoms with van der Waals surface area (Å²) in [5.41, 5.74) is -1.24. The highest BCUT2D eigenvalue weighted by molar-refractivity contribution is 5.84. The maximum absolute atomic E-state index is 11.8. The van der Waals surface area contributed by atoms with E-state index in [0.29, 0.717) is 6.04 Å². The number of carbonyl (C=O) groups is 1. The molecule has 1 aliphatic heterocycles. The molecule has 0 aliphatic carbocycles. The number of hydrogen-bond donors (Lipinski definition) is 1. The van der Waals surface area contributed by atoms with E-state index in [4.69, 9.17) is 0 Å². The molecule has 1 amide bonds. The van der Waals surface area contributed by atoms with Crippen molar-refractivity contribution in [3.8, 4) is 0 Å². The van der Waals surface area contributed by atoms with Gasteiger partial charge in [-0.15, -0.1) is 0 Å².